The first-order valence-corrected chi connectivity index (χ1v) is 7.58. The van der Waals surface area contributed by atoms with Crippen molar-refractivity contribution in [3.63, 3.8) is 0 Å². The van der Waals surface area contributed by atoms with Crippen LogP contribution in [0.3, 0.4) is 0 Å². The number of hydrogen-bond donors (Lipinski definition) is 2. The molecule has 0 saturated heterocycles. The number of anilines is 3. The first-order valence-electron chi connectivity index (χ1n) is 6.79. The highest BCUT2D eigenvalue weighted by Gasteiger charge is 2.06. The Morgan fingerprint density at radius 3 is 2.62 bits per heavy atom. The van der Waals surface area contributed by atoms with Crippen LogP contribution < -0.4 is 10.6 Å². The zero-order valence-corrected chi connectivity index (χ0v) is 14.0. The minimum Gasteiger partial charge on any atom is -0.374 e. The Morgan fingerprint density at radius 1 is 1.19 bits per heavy atom. The molecule has 0 unspecified atom stereocenters. The van der Waals surface area contributed by atoms with E-state index in [1.54, 1.807) is 0 Å². The van der Waals surface area contributed by atoms with Crippen LogP contribution in [-0.2, 0) is 11.3 Å². The molecule has 6 heteroatoms. The lowest BCUT2D eigenvalue weighted by molar-refractivity contribution is 0.128. The molecule has 0 aliphatic carbocycles. The van der Waals surface area contributed by atoms with Crippen LogP contribution in [0.5, 0.6) is 0 Å². The Bertz CT molecular complexity index is 619. The van der Waals surface area contributed by atoms with E-state index >= 15 is 0 Å². The molecule has 0 spiro atoms. The van der Waals surface area contributed by atoms with E-state index in [1.807, 2.05) is 32.2 Å². The molecule has 5 nitrogen and oxygen atoms in total. The maximum absolute atomic E-state index is 5.37. The molecule has 2 N–H and O–H groups in total. The van der Waals surface area contributed by atoms with Crippen LogP contribution in [0.1, 0.15) is 18.3 Å². The molecule has 0 aliphatic rings. The largest absolute Gasteiger partial charge is 0.374 e. The number of aryl methyl sites for hydroxylation is 1. The number of ether oxygens (including phenoxy) is 1. The van der Waals surface area contributed by atoms with Crippen LogP contribution >= 0.6 is 15.9 Å². The first-order chi connectivity index (χ1) is 10.1. The van der Waals surface area contributed by atoms with E-state index in [0.29, 0.717) is 19.0 Å². The standard InChI is InChI=1S/C15H19BrN4O/c1-4-21-9-15-19-13(17-3)8-14(20-15)18-12-6-5-10(2)7-11(12)16/h5-8H,4,9H2,1-3H3,(H2,17,18,19,20). The van der Waals surface area contributed by atoms with Gasteiger partial charge in [-0.25, -0.2) is 9.97 Å². The van der Waals surface area contributed by atoms with E-state index in [0.717, 1.165) is 21.8 Å². The van der Waals surface area contributed by atoms with Crippen molar-refractivity contribution in [1.82, 2.24) is 9.97 Å². The van der Waals surface area contributed by atoms with Crippen molar-refractivity contribution < 1.29 is 4.74 Å². The molecule has 0 amide bonds. The summed E-state index contributed by atoms with van der Waals surface area (Å²) < 4.78 is 6.37. The van der Waals surface area contributed by atoms with Gasteiger partial charge in [0.15, 0.2) is 5.82 Å². The Labute approximate surface area is 133 Å². The molecule has 1 aromatic carbocycles. The molecular weight excluding hydrogens is 332 g/mol. The number of hydrogen-bond acceptors (Lipinski definition) is 5. The van der Waals surface area contributed by atoms with Gasteiger partial charge in [0.05, 0.1) is 5.69 Å². The van der Waals surface area contributed by atoms with Gasteiger partial charge in [-0.2, -0.15) is 0 Å². The van der Waals surface area contributed by atoms with Crippen molar-refractivity contribution in [3.8, 4) is 0 Å². The number of benzene rings is 1. The topological polar surface area (TPSA) is 59.1 Å². The minimum absolute atomic E-state index is 0.399. The number of nitrogens with zero attached hydrogens (tertiary/aromatic N) is 2. The van der Waals surface area contributed by atoms with Crippen LogP contribution in [0, 0.1) is 6.92 Å². The number of rotatable bonds is 6. The number of nitrogens with one attached hydrogen (secondary N) is 2. The lowest BCUT2D eigenvalue weighted by atomic mass is 10.2. The van der Waals surface area contributed by atoms with Gasteiger partial charge in [-0.1, -0.05) is 6.07 Å². The smallest absolute Gasteiger partial charge is 0.158 e. The van der Waals surface area contributed by atoms with Gasteiger partial charge in [0.1, 0.15) is 18.2 Å². The number of halogens is 1. The maximum Gasteiger partial charge on any atom is 0.158 e. The summed E-state index contributed by atoms with van der Waals surface area (Å²) in [4.78, 5) is 8.84. The van der Waals surface area contributed by atoms with E-state index in [4.69, 9.17) is 4.74 Å². The van der Waals surface area contributed by atoms with Crippen LogP contribution in [0.15, 0.2) is 28.7 Å². The molecule has 1 aromatic heterocycles. The molecule has 0 aliphatic heterocycles. The van der Waals surface area contributed by atoms with Gasteiger partial charge >= 0.3 is 0 Å². The van der Waals surface area contributed by atoms with Crippen LogP contribution in [0.4, 0.5) is 17.3 Å². The SMILES string of the molecule is CCOCc1nc(NC)cc(Nc2ccc(C)cc2Br)n1. The summed E-state index contributed by atoms with van der Waals surface area (Å²) >= 11 is 3.55. The van der Waals surface area contributed by atoms with Gasteiger partial charge < -0.3 is 15.4 Å². The molecule has 0 fully saturated rings. The zero-order valence-electron chi connectivity index (χ0n) is 12.4. The summed E-state index contributed by atoms with van der Waals surface area (Å²) in [5, 5.41) is 6.33. The maximum atomic E-state index is 5.37. The van der Waals surface area contributed by atoms with Crippen molar-refractivity contribution >= 4 is 33.3 Å². The summed E-state index contributed by atoms with van der Waals surface area (Å²) in [5.41, 5.74) is 2.16. The average molecular weight is 351 g/mol. The van der Waals surface area contributed by atoms with Gasteiger partial charge in [0, 0.05) is 24.2 Å². The molecular formula is C15H19BrN4O. The van der Waals surface area contributed by atoms with Gasteiger partial charge in [-0.3, -0.25) is 0 Å². The Morgan fingerprint density at radius 2 is 1.95 bits per heavy atom. The van der Waals surface area contributed by atoms with Crippen LogP contribution in [0.25, 0.3) is 0 Å². The van der Waals surface area contributed by atoms with Gasteiger partial charge in [-0.05, 0) is 47.5 Å². The average Bonchev–Trinajstić information content (AvgIpc) is 2.48. The summed E-state index contributed by atoms with van der Waals surface area (Å²) in [6, 6.07) is 7.99. The van der Waals surface area contributed by atoms with Crippen molar-refractivity contribution in [1.29, 1.82) is 0 Å². The third-order valence-corrected chi connectivity index (χ3v) is 3.51. The highest BCUT2D eigenvalue weighted by Crippen LogP contribution is 2.26. The van der Waals surface area contributed by atoms with Gasteiger partial charge in [0.25, 0.3) is 0 Å². The minimum atomic E-state index is 0.399. The summed E-state index contributed by atoms with van der Waals surface area (Å²) in [7, 11) is 1.83. The molecule has 0 bridgehead atoms. The monoisotopic (exact) mass is 350 g/mol. The third kappa shape index (κ3) is 4.41. The van der Waals surface area contributed by atoms with Crippen molar-refractivity contribution in [2.75, 3.05) is 24.3 Å². The highest BCUT2D eigenvalue weighted by atomic mass is 79.9. The van der Waals surface area contributed by atoms with E-state index in [2.05, 4.69) is 49.5 Å². The van der Waals surface area contributed by atoms with E-state index in [1.165, 1.54) is 5.56 Å². The fraction of sp³-hybridized carbons (Fsp3) is 0.333. The molecule has 21 heavy (non-hydrogen) atoms. The molecule has 0 radical (unpaired) electrons. The summed E-state index contributed by atoms with van der Waals surface area (Å²) in [6.45, 7) is 5.04. The van der Waals surface area contributed by atoms with E-state index < -0.39 is 0 Å². The van der Waals surface area contributed by atoms with E-state index in [-0.39, 0.29) is 0 Å². The first kappa shape index (κ1) is 15.7. The summed E-state index contributed by atoms with van der Waals surface area (Å²) in [5.74, 6) is 2.13. The molecule has 0 saturated carbocycles. The zero-order chi connectivity index (χ0) is 15.2. The fourth-order valence-electron chi connectivity index (χ4n) is 1.81. The lowest BCUT2D eigenvalue weighted by Crippen LogP contribution is -2.05. The van der Waals surface area contributed by atoms with Gasteiger partial charge in [0.2, 0.25) is 0 Å². The van der Waals surface area contributed by atoms with Gasteiger partial charge in [-0.15, -0.1) is 0 Å². The molecule has 0 atom stereocenters. The predicted octanol–water partition coefficient (Wildman–Crippen LogP) is 3.87. The molecule has 2 rings (SSSR count). The molecule has 1 heterocycles. The Balaban J connectivity index is 2.25. The van der Waals surface area contributed by atoms with Crippen molar-refractivity contribution in [3.05, 3.63) is 40.1 Å². The predicted molar refractivity (Wildman–Crippen MR) is 89.1 cm³/mol. The summed E-state index contributed by atoms with van der Waals surface area (Å²) in [6.07, 6.45) is 0. The fourth-order valence-corrected chi connectivity index (χ4v) is 2.40. The van der Waals surface area contributed by atoms with E-state index in [9.17, 15) is 0 Å². The second kappa shape index (κ2) is 7.38. The van der Waals surface area contributed by atoms with Crippen LogP contribution in [0.2, 0.25) is 0 Å². The number of aromatic nitrogens is 2. The third-order valence-electron chi connectivity index (χ3n) is 2.85. The Kier molecular flexibility index (Phi) is 5.52. The van der Waals surface area contributed by atoms with Crippen molar-refractivity contribution in [2.24, 2.45) is 0 Å². The highest BCUT2D eigenvalue weighted by molar-refractivity contribution is 9.10. The molecule has 112 valence electrons. The van der Waals surface area contributed by atoms with Crippen LogP contribution in [-0.4, -0.2) is 23.6 Å². The Hall–Kier alpha value is -1.66. The lowest BCUT2D eigenvalue weighted by Gasteiger charge is -2.11. The molecule has 2 aromatic rings. The second-order valence-corrected chi connectivity index (χ2v) is 5.40. The quantitative estimate of drug-likeness (QED) is 0.827. The normalized spacial score (nSPS) is 10.5. The van der Waals surface area contributed by atoms with Crippen molar-refractivity contribution in [2.45, 2.75) is 20.5 Å². The second-order valence-electron chi connectivity index (χ2n) is 4.55.